The van der Waals surface area contributed by atoms with Gasteiger partial charge in [0.15, 0.2) is 5.13 Å². The van der Waals surface area contributed by atoms with E-state index in [0.29, 0.717) is 12.0 Å². The van der Waals surface area contributed by atoms with Crippen LogP contribution in [0.5, 0.6) is 0 Å². The van der Waals surface area contributed by atoms with Crippen molar-refractivity contribution in [3.63, 3.8) is 0 Å². The fourth-order valence-corrected chi connectivity index (χ4v) is 4.15. The van der Waals surface area contributed by atoms with Crippen LogP contribution in [0.1, 0.15) is 50.2 Å². The second-order valence-electron chi connectivity index (χ2n) is 6.14. The van der Waals surface area contributed by atoms with Crippen LogP contribution < -0.4 is 10.2 Å². The van der Waals surface area contributed by atoms with E-state index in [-0.39, 0.29) is 0 Å². The maximum Gasteiger partial charge on any atom is 0.185 e. The van der Waals surface area contributed by atoms with Gasteiger partial charge in [-0.05, 0) is 31.7 Å². The monoisotopic (exact) mass is 311 g/mol. The number of methoxy groups -OCH3 is 1. The Bertz CT molecular complexity index is 433. The van der Waals surface area contributed by atoms with Crippen molar-refractivity contribution >= 4 is 16.5 Å². The SMILES string of the molecule is CCNC1CCCc2nc(N(CCOC)CC(C)C)sc21. The van der Waals surface area contributed by atoms with Crippen molar-refractivity contribution in [2.24, 2.45) is 5.92 Å². The van der Waals surface area contributed by atoms with Crippen molar-refractivity contribution in [1.29, 1.82) is 0 Å². The van der Waals surface area contributed by atoms with Crippen LogP contribution >= 0.6 is 11.3 Å². The molecule has 1 unspecified atom stereocenters. The lowest BCUT2D eigenvalue weighted by molar-refractivity contribution is 0.204. The number of aromatic nitrogens is 1. The molecule has 1 N–H and O–H groups in total. The Balaban J connectivity index is 2.17. The highest BCUT2D eigenvalue weighted by molar-refractivity contribution is 7.15. The van der Waals surface area contributed by atoms with Crippen LogP contribution in [0, 0.1) is 5.92 Å². The zero-order chi connectivity index (χ0) is 15.2. The summed E-state index contributed by atoms with van der Waals surface area (Å²) in [6.45, 7) is 10.4. The lowest BCUT2D eigenvalue weighted by Gasteiger charge is -2.23. The first-order valence-electron chi connectivity index (χ1n) is 8.12. The molecule has 0 amide bonds. The molecule has 5 heteroatoms. The number of thiazole rings is 1. The molecule has 1 atom stereocenters. The van der Waals surface area contributed by atoms with Gasteiger partial charge in [0.05, 0.1) is 12.3 Å². The summed E-state index contributed by atoms with van der Waals surface area (Å²) in [6.07, 6.45) is 3.62. The molecule has 120 valence electrons. The van der Waals surface area contributed by atoms with Gasteiger partial charge in [-0.1, -0.05) is 32.1 Å². The molecule has 1 aromatic heterocycles. The van der Waals surface area contributed by atoms with E-state index in [2.05, 4.69) is 31.0 Å². The number of anilines is 1. The van der Waals surface area contributed by atoms with E-state index in [4.69, 9.17) is 9.72 Å². The second-order valence-corrected chi connectivity index (χ2v) is 7.15. The molecular formula is C16H29N3OS. The average molecular weight is 311 g/mol. The van der Waals surface area contributed by atoms with Crippen molar-refractivity contribution in [3.05, 3.63) is 10.6 Å². The number of rotatable bonds is 8. The predicted octanol–water partition coefficient (Wildman–Crippen LogP) is 3.24. The fourth-order valence-electron chi connectivity index (χ4n) is 2.89. The van der Waals surface area contributed by atoms with Crippen LogP contribution in [0.25, 0.3) is 0 Å². The van der Waals surface area contributed by atoms with Gasteiger partial charge in [-0.3, -0.25) is 0 Å². The highest BCUT2D eigenvalue weighted by Crippen LogP contribution is 2.37. The third-order valence-corrected chi connectivity index (χ3v) is 5.08. The summed E-state index contributed by atoms with van der Waals surface area (Å²) in [4.78, 5) is 8.79. The average Bonchev–Trinajstić information content (AvgIpc) is 2.88. The molecule has 21 heavy (non-hydrogen) atoms. The van der Waals surface area contributed by atoms with Gasteiger partial charge in [0.25, 0.3) is 0 Å². The molecule has 1 heterocycles. The first-order valence-corrected chi connectivity index (χ1v) is 8.94. The summed E-state index contributed by atoms with van der Waals surface area (Å²) in [5.41, 5.74) is 1.32. The maximum atomic E-state index is 5.26. The van der Waals surface area contributed by atoms with Crippen LogP contribution in [-0.2, 0) is 11.2 Å². The second kappa shape index (κ2) is 8.11. The number of ether oxygens (including phenoxy) is 1. The molecule has 2 rings (SSSR count). The number of fused-ring (bicyclic) bond motifs is 1. The van der Waals surface area contributed by atoms with E-state index < -0.39 is 0 Å². The van der Waals surface area contributed by atoms with Gasteiger partial charge in [-0.15, -0.1) is 0 Å². The largest absolute Gasteiger partial charge is 0.383 e. The van der Waals surface area contributed by atoms with Crippen LogP contribution in [0.3, 0.4) is 0 Å². The van der Waals surface area contributed by atoms with Gasteiger partial charge < -0.3 is 15.0 Å². The zero-order valence-electron chi connectivity index (χ0n) is 13.8. The number of hydrogen-bond donors (Lipinski definition) is 1. The topological polar surface area (TPSA) is 37.4 Å². The summed E-state index contributed by atoms with van der Waals surface area (Å²) in [7, 11) is 1.77. The van der Waals surface area contributed by atoms with E-state index in [0.717, 1.165) is 32.7 Å². The Hall–Kier alpha value is -0.650. The van der Waals surface area contributed by atoms with E-state index >= 15 is 0 Å². The molecule has 1 aromatic rings. The van der Waals surface area contributed by atoms with Crippen LogP contribution in [0.2, 0.25) is 0 Å². The first kappa shape index (κ1) is 16.7. The number of aryl methyl sites for hydroxylation is 1. The molecule has 0 radical (unpaired) electrons. The first-order chi connectivity index (χ1) is 10.2. The highest BCUT2D eigenvalue weighted by atomic mass is 32.1. The molecule has 0 saturated carbocycles. The quantitative estimate of drug-likeness (QED) is 0.800. The zero-order valence-corrected chi connectivity index (χ0v) is 14.6. The Kier molecular flexibility index (Phi) is 6.45. The lowest BCUT2D eigenvalue weighted by atomic mass is 9.98. The molecular weight excluding hydrogens is 282 g/mol. The Morgan fingerprint density at radius 1 is 1.48 bits per heavy atom. The maximum absolute atomic E-state index is 5.26. The molecule has 1 aliphatic rings. The van der Waals surface area contributed by atoms with Gasteiger partial charge >= 0.3 is 0 Å². The van der Waals surface area contributed by atoms with Gasteiger partial charge in [0, 0.05) is 31.1 Å². The number of nitrogens with zero attached hydrogens (tertiary/aromatic N) is 2. The fraction of sp³-hybridized carbons (Fsp3) is 0.812. The van der Waals surface area contributed by atoms with Gasteiger partial charge in [0.2, 0.25) is 0 Å². The Morgan fingerprint density at radius 3 is 2.95 bits per heavy atom. The minimum Gasteiger partial charge on any atom is -0.383 e. The van der Waals surface area contributed by atoms with Crippen molar-refractivity contribution in [3.8, 4) is 0 Å². The third-order valence-electron chi connectivity index (χ3n) is 3.81. The van der Waals surface area contributed by atoms with Crippen LogP contribution in [0.4, 0.5) is 5.13 Å². The predicted molar refractivity (Wildman–Crippen MR) is 90.4 cm³/mol. The number of hydrogen-bond acceptors (Lipinski definition) is 5. The summed E-state index contributed by atoms with van der Waals surface area (Å²) in [5, 5.41) is 4.78. The van der Waals surface area contributed by atoms with Crippen molar-refractivity contribution < 1.29 is 4.74 Å². The van der Waals surface area contributed by atoms with Crippen LogP contribution in [0.15, 0.2) is 0 Å². The molecule has 0 bridgehead atoms. The highest BCUT2D eigenvalue weighted by Gasteiger charge is 2.25. The summed E-state index contributed by atoms with van der Waals surface area (Å²) in [5.74, 6) is 0.632. The van der Waals surface area contributed by atoms with E-state index in [1.54, 1.807) is 7.11 Å². The smallest absolute Gasteiger partial charge is 0.185 e. The molecule has 0 spiro atoms. The summed E-state index contributed by atoms with van der Waals surface area (Å²) >= 11 is 1.88. The molecule has 0 fully saturated rings. The van der Waals surface area contributed by atoms with Crippen molar-refractivity contribution in [1.82, 2.24) is 10.3 Å². The standard InChI is InChI=1S/C16H29N3OS/c1-5-17-13-7-6-8-14-15(13)21-16(18-14)19(9-10-20-4)11-12(2)3/h12-13,17H,5-11H2,1-4H3. The molecule has 0 saturated heterocycles. The minimum atomic E-state index is 0.508. The molecule has 0 aliphatic heterocycles. The molecule has 4 nitrogen and oxygen atoms in total. The Labute approximate surface area is 132 Å². The third kappa shape index (κ3) is 4.41. The number of nitrogens with one attached hydrogen (secondary N) is 1. The van der Waals surface area contributed by atoms with E-state index in [9.17, 15) is 0 Å². The molecule has 0 aromatic carbocycles. The van der Waals surface area contributed by atoms with Crippen LogP contribution in [-0.4, -0.2) is 38.3 Å². The lowest BCUT2D eigenvalue weighted by Crippen LogP contribution is -2.30. The summed E-state index contributed by atoms with van der Waals surface area (Å²) in [6, 6.07) is 0.508. The van der Waals surface area contributed by atoms with Gasteiger partial charge in [0.1, 0.15) is 0 Å². The normalized spacial score (nSPS) is 18.0. The van der Waals surface area contributed by atoms with E-state index in [1.165, 1.54) is 28.5 Å². The molecule has 1 aliphatic carbocycles. The van der Waals surface area contributed by atoms with Gasteiger partial charge in [-0.25, -0.2) is 4.98 Å². The summed E-state index contributed by atoms with van der Waals surface area (Å²) < 4.78 is 5.26. The van der Waals surface area contributed by atoms with Gasteiger partial charge in [-0.2, -0.15) is 0 Å². The van der Waals surface area contributed by atoms with Crippen molar-refractivity contribution in [2.45, 2.75) is 46.1 Å². The van der Waals surface area contributed by atoms with Crippen molar-refractivity contribution in [2.75, 3.05) is 38.3 Å². The Morgan fingerprint density at radius 2 is 2.29 bits per heavy atom. The van der Waals surface area contributed by atoms with E-state index in [1.807, 2.05) is 11.3 Å². The minimum absolute atomic E-state index is 0.508.